The predicted molar refractivity (Wildman–Crippen MR) is 53.7 cm³/mol. The number of hydrogen-bond acceptors (Lipinski definition) is 4. The summed E-state index contributed by atoms with van der Waals surface area (Å²) in [5.74, 6) is -1.68. The number of carboxylic acids is 1. The molecule has 1 unspecified atom stereocenters. The summed E-state index contributed by atoms with van der Waals surface area (Å²) in [4.78, 5) is 34.5. The lowest BCUT2D eigenvalue weighted by Crippen LogP contribution is -2.40. The Bertz CT molecular complexity index is 312. The second kappa shape index (κ2) is 5.07. The number of ketones is 1. The van der Waals surface area contributed by atoms with E-state index < -0.39 is 18.1 Å². The van der Waals surface area contributed by atoms with E-state index in [0.29, 0.717) is 0 Å². The fourth-order valence-electron chi connectivity index (χ4n) is 1.71. The maximum atomic E-state index is 11.4. The van der Waals surface area contributed by atoms with E-state index in [2.05, 4.69) is 0 Å². The van der Waals surface area contributed by atoms with E-state index in [1.807, 2.05) is 0 Å². The summed E-state index contributed by atoms with van der Waals surface area (Å²) in [5, 5.41) is 17.8. The number of carbonyl (C=O) groups excluding carboxylic acids is 2. The third kappa shape index (κ3) is 2.79. The minimum Gasteiger partial charge on any atom is -0.480 e. The number of hydrogen-bond donors (Lipinski definition) is 2. The van der Waals surface area contributed by atoms with Gasteiger partial charge >= 0.3 is 5.97 Å². The number of aliphatic carboxylic acids is 1. The van der Waals surface area contributed by atoms with Crippen molar-refractivity contribution in [3.63, 3.8) is 0 Å². The first-order valence-corrected chi connectivity index (χ1v) is 5.16. The molecule has 1 amide bonds. The second-order valence-corrected chi connectivity index (χ2v) is 3.87. The van der Waals surface area contributed by atoms with Gasteiger partial charge in [0, 0.05) is 19.4 Å². The minimum atomic E-state index is -1.07. The van der Waals surface area contributed by atoms with Crippen molar-refractivity contribution in [3.05, 3.63) is 0 Å². The average molecular weight is 229 g/mol. The van der Waals surface area contributed by atoms with Crippen LogP contribution in [0.5, 0.6) is 0 Å². The van der Waals surface area contributed by atoms with E-state index in [9.17, 15) is 14.4 Å². The molecule has 1 aliphatic heterocycles. The second-order valence-electron chi connectivity index (χ2n) is 3.87. The molecule has 0 aromatic heterocycles. The van der Waals surface area contributed by atoms with Gasteiger partial charge in [-0.3, -0.25) is 9.59 Å². The highest BCUT2D eigenvalue weighted by Gasteiger charge is 2.35. The lowest BCUT2D eigenvalue weighted by molar-refractivity contribution is -0.146. The summed E-state index contributed by atoms with van der Waals surface area (Å²) >= 11 is 0. The van der Waals surface area contributed by atoms with Gasteiger partial charge in [-0.05, 0) is 13.3 Å². The van der Waals surface area contributed by atoms with Crippen LogP contribution in [0.1, 0.15) is 26.2 Å². The van der Waals surface area contributed by atoms with Crippen molar-refractivity contribution in [1.82, 2.24) is 4.90 Å². The molecule has 0 bridgehead atoms. The Kier molecular flexibility index (Phi) is 4.00. The van der Waals surface area contributed by atoms with E-state index in [-0.39, 0.29) is 37.5 Å². The molecule has 1 rings (SSSR count). The largest absolute Gasteiger partial charge is 0.480 e. The first kappa shape index (κ1) is 12.6. The number of nitrogens with zero attached hydrogens (tertiary/aromatic N) is 1. The molecule has 2 N–H and O–H groups in total. The van der Waals surface area contributed by atoms with Gasteiger partial charge in [-0.1, -0.05) is 0 Å². The maximum Gasteiger partial charge on any atom is 0.326 e. The highest BCUT2D eigenvalue weighted by atomic mass is 16.4. The summed E-state index contributed by atoms with van der Waals surface area (Å²) in [6.45, 7) is 1.42. The van der Waals surface area contributed by atoms with Gasteiger partial charge in [0.25, 0.3) is 0 Å². The van der Waals surface area contributed by atoms with Crippen LogP contribution in [-0.4, -0.2) is 51.5 Å². The van der Waals surface area contributed by atoms with Crippen molar-refractivity contribution < 1.29 is 24.6 Å². The molecule has 0 saturated carbocycles. The van der Waals surface area contributed by atoms with Crippen LogP contribution < -0.4 is 0 Å². The highest BCUT2D eigenvalue weighted by molar-refractivity contribution is 5.88. The lowest BCUT2D eigenvalue weighted by atomic mass is 10.1. The van der Waals surface area contributed by atoms with E-state index >= 15 is 0 Å². The third-order valence-corrected chi connectivity index (χ3v) is 2.68. The molecule has 1 heterocycles. The van der Waals surface area contributed by atoms with Crippen LogP contribution in [0.4, 0.5) is 0 Å². The number of rotatable bonds is 5. The van der Waals surface area contributed by atoms with Crippen LogP contribution >= 0.6 is 0 Å². The molecule has 6 heteroatoms. The fourth-order valence-corrected chi connectivity index (χ4v) is 1.71. The van der Waals surface area contributed by atoms with Gasteiger partial charge in [-0.25, -0.2) is 4.79 Å². The zero-order valence-electron chi connectivity index (χ0n) is 9.05. The van der Waals surface area contributed by atoms with Crippen LogP contribution in [0, 0.1) is 0 Å². The molecular weight excluding hydrogens is 214 g/mol. The SMILES string of the molecule is CC(O)C(=O)CCN1C(=O)CC[C@H]1C(=O)O. The Balaban J connectivity index is 2.54. The summed E-state index contributed by atoms with van der Waals surface area (Å²) in [7, 11) is 0. The molecule has 0 aromatic rings. The van der Waals surface area contributed by atoms with Crippen molar-refractivity contribution in [1.29, 1.82) is 0 Å². The molecule has 90 valence electrons. The van der Waals surface area contributed by atoms with Gasteiger partial charge in [-0.15, -0.1) is 0 Å². The number of Topliss-reactive ketones (excluding diaryl/α,β-unsaturated/α-hetero) is 1. The van der Waals surface area contributed by atoms with E-state index in [1.54, 1.807) is 0 Å². The molecule has 1 aliphatic rings. The van der Waals surface area contributed by atoms with Crippen molar-refractivity contribution in [3.8, 4) is 0 Å². The summed E-state index contributed by atoms with van der Waals surface area (Å²) in [5.41, 5.74) is 0. The monoisotopic (exact) mass is 229 g/mol. The average Bonchev–Trinajstić information content (AvgIpc) is 2.56. The lowest BCUT2D eigenvalue weighted by Gasteiger charge is -2.21. The van der Waals surface area contributed by atoms with Crippen molar-refractivity contribution >= 4 is 17.7 Å². The molecule has 16 heavy (non-hydrogen) atoms. The topological polar surface area (TPSA) is 94.9 Å². The smallest absolute Gasteiger partial charge is 0.326 e. The number of aliphatic hydroxyl groups excluding tert-OH is 1. The van der Waals surface area contributed by atoms with E-state index in [0.717, 1.165) is 0 Å². The number of likely N-dealkylation sites (tertiary alicyclic amines) is 1. The van der Waals surface area contributed by atoms with Gasteiger partial charge in [0.2, 0.25) is 5.91 Å². The normalized spacial score (nSPS) is 22.2. The number of amides is 1. The van der Waals surface area contributed by atoms with Crippen LogP contribution in [0.15, 0.2) is 0 Å². The van der Waals surface area contributed by atoms with Crippen molar-refractivity contribution in [2.45, 2.75) is 38.3 Å². The standard InChI is InChI=1S/C10H15NO5/c1-6(12)8(13)4-5-11-7(10(15)16)2-3-9(11)14/h6-7,12H,2-5H2,1H3,(H,15,16)/t6?,7-/m0/s1. The van der Waals surface area contributed by atoms with Crippen LogP contribution in [0.25, 0.3) is 0 Å². The van der Waals surface area contributed by atoms with E-state index in [1.165, 1.54) is 11.8 Å². The van der Waals surface area contributed by atoms with Crippen LogP contribution in [-0.2, 0) is 14.4 Å². The summed E-state index contributed by atoms with van der Waals surface area (Å²) in [6.07, 6.45) is -0.578. The Morgan fingerprint density at radius 3 is 2.69 bits per heavy atom. The van der Waals surface area contributed by atoms with Crippen LogP contribution in [0.2, 0.25) is 0 Å². The van der Waals surface area contributed by atoms with Gasteiger partial charge in [0.05, 0.1) is 0 Å². The predicted octanol–water partition coefficient (Wildman–Crippen LogP) is -0.598. The Morgan fingerprint density at radius 2 is 2.19 bits per heavy atom. The molecular formula is C10H15NO5. The quantitative estimate of drug-likeness (QED) is 0.656. The first-order valence-electron chi connectivity index (χ1n) is 5.16. The molecule has 1 saturated heterocycles. The molecule has 0 aromatic carbocycles. The van der Waals surface area contributed by atoms with Crippen molar-refractivity contribution in [2.24, 2.45) is 0 Å². The highest BCUT2D eigenvalue weighted by Crippen LogP contribution is 2.19. The molecule has 0 spiro atoms. The molecule has 6 nitrogen and oxygen atoms in total. The zero-order valence-corrected chi connectivity index (χ0v) is 9.05. The zero-order chi connectivity index (χ0) is 12.3. The number of carbonyl (C=O) groups is 3. The first-order chi connectivity index (χ1) is 7.43. The Hall–Kier alpha value is -1.43. The minimum absolute atomic E-state index is 0.00676. The van der Waals surface area contributed by atoms with Crippen molar-refractivity contribution in [2.75, 3.05) is 6.54 Å². The van der Waals surface area contributed by atoms with E-state index in [4.69, 9.17) is 10.2 Å². The molecule has 0 aliphatic carbocycles. The molecule has 1 fully saturated rings. The fraction of sp³-hybridized carbons (Fsp3) is 0.700. The van der Waals surface area contributed by atoms with Gasteiger partial charge < -0.3 is 15.1 Å². The van der Waals surface area contributed by atoms with Crippen LogP contribution in [0.3, 0.4) is 0 Å². The van der Waals surface area contributed by atoms with Gasteiger partial charge in [-0.2, -0.15) is 0 Å². The summed E-state index contributed by atoms with van der Waals surface area (Å²) < 4.78 is 0. The Morgan fingerprint density at radius 1 is 1.56 bits per heavy atom. The third-order valence-electron chi connectivity index (χ3n) is 2.68. The molecule has 2 atom stereocenters. The maximum absolute atomic E-state index is 11.4. The molecule has 0 radical (unpaired) electrons. The Labute approximate surface area is 92.9 Å². The number of carboxylic acid groups (broad SMARTS) is 1. The number of aliphatic hydroxyl groups is 1. The van der Waals surface area contributed by atoms with Gasteiger partial charge in [0.1, 0.15) is 12.1 Å². The van der Waals surface area contributed by atoms with Gasteiger partial charge in [0.15, 0.2) is 5.78 Å². The summed E-state index contributed by atoms with van der Waals surface area (Å²) in [6, 6.07) is -0.825.